The number of carbonyl (C=O) groups is 2. The van der Waals surface area contributed by atoms with Crippen molar-refractivity contribution in [3.8, 4) is 0 Å². The minimum absolute atomic E-state index is 0.0281. The highest BCUT2D eigenvalue weighted by Crippen LogP contribution is 2.41. The van der Waals surface area contributed by atoms with E-state index in [0.29, 0.717) is 12.2 Å². The first-order valence-electron chi connectivity index (χ1n) is 21.4. The molecule has 5 aromatic carbocycles. The van der Waals surface area contributed by atoms with Crippen molar-refractivity contribution in [2.75, 3.05) is 6.61 Å². The first-order chi connectivity index (χ1) is 35.5. The molecule has 0 spiro atoms. The lowest BCUT2D eigenvalue weighted by Gasteiger charge is -2.46. The molecule has 30 heteroatoms. The molecule has 0 bridgehead atoms. The Morgan fingerprint density at radius 3 is 0.987 bits per heavy atom. The molecule has 0 fully saturated rings. The minimum atomic E-state index is -6.13. The van der Waals surface area contributed by atoms with Gasteiger partial charge in [0.2, 0.25) is 24.2 Å². The summed E-state index contributed by atoms with van der Waals surface area (Å²) in [4.78, 5) is 27.8. The third-order valence-corrected chi connectivity index (χ3v) is 11.3. The summed E-state index contributed by atoms with van der Waals surface area (Å²) in [5, 5.41) is 0. The van der Waals surface area contributed by atoms with Gasteiger partial charge in [0.25, 0.3) is 0 Å². The van der Waals surface area contributed by atoms with Gasteiger partial charge in [-0.3, -0.25) is 4.79 Å². The van der Waals surface area contributed by atoms with Gasteiger partial charge in [0.05, 0.1) is 57.3 Å². The van der Waals surface area contributed by atoms with Crippen LogP contribution in [0, 0.1) is 0 Å². The van der Waals surface area contributed by atoms with Crippen molar-refractivity contribution in [2.24, 2.45) is 0 Å². The number of halogens is 24. The number of alkyl halides is 24. The van der Waals surface area contributed by atoms with Crippen molar-refractivity contribution < 1.29 is 124 Å². The number of ether oxygens (including phenoxy) is 1. The molecule has 1 aromatic heterocycles. The van der Waals surface area contributed by atoms with E-state index < -0.39 is 201 Å². The summed E-state index contributed by atoms with van der Waals surface area (Å²) in [6.45, 7) is 2.43. The number of hydrogen-bond acceptors (Lipinski definition) is 4. The molecule has 6 rings (SSSR count). The predicted octanol–water partition coefficient (Wildman–Crippen LogP) is 13.0. The smallest absolute Gasteiger partial charge is 0.416 e. The Bertz CT molecular complexity index is 2700. The molecule has 1 heterocycles. The Hall–Kier alpha value is -7.30. The van der Waals surface area contributed by atoms with Crippen molar-refractivity contribution in [3.63, 3.8) is 0 Å². The third-order valence-electron chi connectivity index (χ3n) is 11.3. The van der Waals surface area contributed by atoms with Gasteiger partial charge in [0.1, 0.15) is 6.15 Å². The number of benzene rings is 5. The summed E-state index contributed by atoms with van der Waals surface area (Å²) in [6, 6.07) is 0.213. The van der Waals surface area contributed by atoms with Crippen LogP contribution in [-0.4, -0.2) is 29.5 Å². The summed E-state index contributed by atoms with van der Waals surface area (Å²) in [6.07, 6.45) is -49.4. The van der Waals surface area contributed by atoms with Gasteiger partial charge in [0.15, 0.2) is 6.20 Å². The van der Waals surface area contributed by atoms with Crippen LogP contribution in [0.1, 0.15) is 78.7 Å². The molecule has 6 aromatic rings. The number of aromatic nitrogens is 2. The van der Waals surface area contributed by atoms with Gasteiger partial charge < -0.3 is 4.74 Å². The molecule has 0 unspecified atom stereocenters. The summed E-state index contributed by atoms with van der Waals surface area (Å²) in [5.74, 6) is -0.502. The van der Waals surface area contributed by atoms with Crippen LogP contribution >= 0.6 is 0 Å². The zero-order valence-corrected chi connectivity index (χ0v) is 38.4. The Morgan fingerprint density at radius 1 is 0.449 bits per heavy atom. The van der Waals surface area contributed by atoms with E-state index in [9.17, 15) is 115 Å². The van der Waals surface area contributed by atoms with Gasteiger partial charge in [-0.05, 0) is 30.7 Å². The van der Waals surface area contributed by atoms with Gasteiger partial charge in [0, 0.05) is 5.56 Å². The van der Waals surface area contributed by atoms with Crippen molar-refractivity contribution >= 4 is 39.7 Å². The molecule has 0 saturated heterocycles. The van der Waals surface area contributed by atoms with Crippen LogP contribution in [0.15, 0.2) is 122 Å². The highest BCUT2D eigenvalue weighted by Gasteiger charge is 2.47. The second-order valence-electron chi connectivity index (χ2n) is 16.8. The lowest BCUT2D eigenvalue weighted by molar-refractivity contribution is -0.683. The minimum Gasteiger partial charge on any atom is -0.461 e. The van der Waals surface area contributed by atoms with Gasteiger partial charge in [-0.15, -0.1) is 0 Å². The Labute approximate surface area is 422 Å². The lowest BCUT2D eigenvalue weighted by Crippen LogP contribution is -2.75. The molecule has 0 aliphatic rings. The van der Waals surface area contributed by atoms with E-state index >= 15 is 0 Å². The maximum Gasteiger partial charge on any atom is 0.416 e. The Morgan fingerprint density at radius 2 is 0.731 bits per heavy atom. The van der Waals surface area contributed by atoms with E-state index in [1.165, 1.54) is 12.4 Å². The average molecular weight is 1150 g/mol. The zero-order chi connectivity index (χ0) is 59.0. The van der Waals surface area contributed by atoms with Gasteiger partial charge in [-0.25, -0.2) is 9.78 Å². The van der Waals surface area contributed by atoms with E-state index in [4.69, 9.17) is 4.74 Å². The van der Waals surface area contributed by atoms with Crippen LogP contribution in [0.5, 0.6) is 0 Å². The molecule has 0 aliphatic carbocycles. The largest absolute Gasteiger partial charge is 0.461 e. The summed E-state index contributed by atoms with van der Waals surface area (Å²) in [7, 11) is 0. The van der Waals surface area contributed by atoms with Crippen LogP contribution in [0.4, 0.5) is 105 Å². The van der Waals surface area contributed by atoms with Crippen LogP contribution in [0.3, 0.4) is 0 Å². The fourth-order valence-corrected chi connectivity index (χ4v) is 7.86. The van der Waals surface area contributed by atoms with Crippen LogP contribution in [0.25, 0.3) is 0 Å². The molecular weight excluding hydrogens is 1120 g/mol. The third kappa shape index (κ3) is 14.6. The van der Waals surface area contributed by atoms with E-state index in [1.807, 2.05) is 25.1 Å². The predicted molar refractivity (Wildman–Crippen MR) is 226 cm³/mol. The standard InChI is InChI=1S/C32H12BF24.C16H17N2O3/c34-25(35,36)13-1-14(26(37,38)39)6-21(5-13)33(22-7-15(27(40,41)42)2-16(8-22)28(43,44)45,23-9-17(29(46,47)48)3-18(10-23)30(49,50)51)24-11-19(31(52,53)54)4-20(12-24)32(55,56)57;1-2-10-21-16(20)14-11-18(9-8-17-14)12-15(19)13-6-4-3-5-7-13/h1-12H;3-9,11H,2,10,12H2,1H3/q-1;+1. The second kappa shape index (κ2) is 21.9. The fraction of sp³-hybridized carbons (Fsp3) is 0.250. The van der Waals surface area contributed by atoms with Crippen LogP contribution in [-0.2, 0) is 60.7 Å². The molecule has 0 aliphatic heterocycles. The summed E-state index contributed by atoms with van der Waals surface area (Å²) in [5.41, 5.74) is -29.4. The first-order valence-corrected chi connectivity index (χ1v) is 21.4. The average Bonchev–Trinajstić information content (AvgIpc) is 3.37. The molecule has 0 saturated carbocycles. The van der Waals surface area contributed by atoms with E-state index in [0.717, 1.165) is 6.42 Å². The molecule has 0 atom stereocenters. The van der Waals surface area contributed by atoms with Gasteiger partial charge in [-0.1, -0.05) is 85.8 Å². The molecule has 0 amide bonds. The van der Waals surface area contributed by atoms with E-state index in [-0.39, 0.29) is 18.0 Å². The maximum atomic E-state index is 14.2. The molecule has 5 nitrogen and oxygen atoms in total. The number of nitrogens with zero attached hydrogens (tertiary/aromatic N) is 2. The number of hydrogen-bond donors (Lipinski definition) is 0. The Kier molecular flexibility index (Phi) is 17.2. The number of esters is 1. The molecular formula is C48H29BF24N2O3. The number of rotatable bonds is 10. The van der Waals surface area contributed by atoms with Gasteiger partial charge >= 0.3 is 55.4 Å². The van der Waals surface area contributed by atoms with E-state index in [2.05, 4.69) is 4.98 Å². The van der Waals surface area contributed by atoms with Crippen LogP contribution in [0.2, 0.25) is 0 Å². The SMILES string of the molecule is CCCOC(=O)c1c[n+](CC(=O)c2ccccc2)ccn1.FC(F)(F)c1cc([B-](c2cc(C(F)(F)F)cc(C(F)(F)F)c2)(c2cc(C(F)(F)F)cc(C(F)(F)F)c2)c2cc(C(F)(F)F)cc(C(F)(F)F)c2)cc(C(F)(F)F)c1. The molecule has 420 valence electrons. The number of Topliss-reactive ketones (excluding diaryl/α,β-unsaturated/α-hetero) is 1. The summed E-state index contributed by atoms with van der Waals surface area (Å²) >= 11 is 0. The monoisotopic (exact) mass is 1150 g/mol. The topological polar surface area (TPSA) is 60.1 Å². The second-order valence-corrected chi connectivity index (χ2v) is 16.8. The maximum absolute atomic E-state index is 14.2. The fourth-order valence-electron chi connectivity index (χ4n) is 7.86. The van der Waals surface area contributed by atoms with Crippen molar-refractivity contribution in [2.45, 2.75) is 69.3 Å². The molecule has 78 heavy (non-hydrogen) atoms. The van der Waals surface area contributed by atoms with Crippen molar-refractivity contribution in [1.82, 2.24) is 4.98 Å². The first kappa shape index (κ1) is 61.6. The van der Waals surface area contributed by atoms with Crippen molar-refractivity contribution in [1.29, 1.82) is 0 Å². The molecule has 0 N–H and O–H groups in total. The highest BCUT2D eigenvalue weighted by atomic mass is 19.4. The van der Waals surface area contributed by atoms with E-state index in [1.54, 1.807) is 22.9 Å². The molecule has 0 radical (unpaired) electrons. The number of ketones is 1. The van der Waals surface area contributed by atoms with Crippen molar-refractivity contribution in [3.05, 3.63) is 177 Å². The Balaban J connectivity index is 0.000000443. The summed E-state index contributed by atoms with van der Waals surface area (Å²) < 4.78 is 347. The quantitative estimate of drug-likeness (QED) is 0.0451. The highest BCUT2D eigenvalue weighted by molar-refractivity contribution is 7.20. The normalized spacial score (nSPS) is 13.2. The zero-order valence-electron chi connectivity index (χ0n) is 38.4. The number of carbonyl (C=O) groups excluding carboxylic acids is 2. The van der Waals surface area contributed by atoms with Gasteiger partial charge in [-0.2, -0.15) is 132 Å². The lowest BCUT2D eigenvalue weighted by atomic mass is 9.12. The van der Waals surface area contributed by atoms with Crippen LogP contribution < -0.4 is 26.4 Å².